The molecule has 0 saturated carbocycles. The molecule has 0 spiro atoms. The lowest BCUT2D eigenvalue weighted by atomic mass is 10.1. The molecule has 1 atom stereocenters. The Morgan fingerprint density at radius 3 is 2.52 bits per heavy atom. The third kappa shape index (κ3) is 4.26. The van der Waals surface area contributed by atoms with E-state index in [9.17, 15) is 23.3 Å². The van der Waals surface area contributed by atoms with Crippen LogP contribution in [0.25, 0.3) is 0 Å². The third-order valence-electron chi connectivity index (χ3n) is 4.26. The molecule has 142 valence electrons. The molecule has 10 heteroatoms. The first-order valence-corrected chi connectivity index (χ1v) is 9.93. The second-order valence-corrected chi connectivity index (χ2v) is 8.30. The molecule has 1 aliphatic rings. The smallest absolute Gasteiger partial charge is 0.289 e. The fourth-order valence-electron chi connectivity index (χ4n) is 2.93. The van der Waals surface area contributed by atoms with Crippen molar-refractivity contribution in [3.8, 4) is 0 Å². The molecule has 8 nitrogen and oxygen atoms in total. The molecule has 1 amide bonds. The van der Waals surface area contributed by atoms with E-state index < -0.39 is 25.5 Å². The summed E-state index contributed by atoms with van der Waals surface area (Å²) in [6.45, 7) is 0.351. The molecular formula is C17H16ClN3O5S. The van der Waals surface area contributed by atoms with Gasteiger partial charge in [0.05, 0.1) is 4.92 Å². The highest BCUT2D eigenvalue weighted by Gasteiger charge is 2.32. The Hall–Kier alpha value is -2.49. The number of carbonyl (C=O) groups is 1. The normalized spacial score (nSPS) is 17.3. The Morgan fingerprint density at radius 1 is 1.19 bits per heavy atom. The quantitative estimate of drug-likeness (QED) is 0.582. The van der Waals surface area contributed by atoms with Crippen molar-refractivity contribution in [2.45, 2.75) is 11.3 Å². The van der Waals surface area contributed by atoms with E-state index in [1.165, 1.54) is 18.2 Å². The molecule has 0 aliphatic carbocycles. The third-order valence-corrected chi connectivity index (χ3v) is 5.98. The first-order chi connectivity index (χ1) is 12.8. The first kappa shape index (κ1) is 19.3. The highest BCUT2D eigenvalue weighted by molar-refractivity contribution is 7.89. The second kappa shape index (κ2) is 7.63. The average Bonchev–Trinajstić information content (AvgIpc) is 3.01. The predicted octanol–water partition coefficient (Wildman–Crippen LogP) is 2.58. The molecule has 1 unspecified atom stereocenters. The number of nitro groups is 1. The maximum atomic E-state index is 12.5. The average molecular weight is 410 g/mol. The molecule has 27 heavy (non-hydrogen) atoms. The van der Waals surface area contributed by atoms with Gasteiger partial charge in [0.15, 0.2) is 4.90 Å². The van der Waals surface area contributed by atoms with Crippen molar-refractivity contribution in [2.75, 3.05) is 18.0 Å². The van der Waals surface area contributed by atoms with E-state index >= 15 is 0 Å². The minimum Gasteiger partial charge on any atom is -0.312 e. The summed E-state index contributed by atoms with van der Waals surface area (Å²) in [4.78, 5) is 23.7. The number of halogens is 1. The summed E-state index contributed by atoms with van der Waals surface area (Å²) in [7, 11) is -4.07. The van der Waals surface area contributed by atoms with Gasteiger partial charge in [0.2, 0.25) is 15.9 Å². The van der Waals surface area contributed by atoms with E-state index in [0.29, 0.717) is 17.3 Å². The van der Waals surface area contributed by atoms with Gasteiger partial charge in [-0.15, -0.1) is 0 Å². The summed E-state index contributed by atoms with van der Waals surface area (Å²) in [5.41, 5.74) is 0.198. The zero-order valence-electron chi connectivity index (χ0n) is 14.0. The Balaban J connectivity index is 1.69. The molecule has 0 aromatic heterocycles. The molecule has 3 rings (SSSR count). The number of benzene rings is 2. The fourth-order valence-corrected chi connectivity index (χ4v) is 4.34. The summed E-state index contributed by atoms with van der Waals surface area (Å²) < 4.78 is 27.3. The van der Waals surface area contributed by atoms with Crippen LogP contribution in [0.5, 0.6) is 0 Å². The Morgan fingerprint density at radius 2 is 1.85 bits per heavy atom. The van der Waals surface area contributed by atoms with Crippen LogP contribution in [-0.2, 0) is 14.8 Å². The van der Waals surface area contributed by atoms with Crippen LogP contribution in [0.3, 0.4) is 0 Å². The van der Waals surface area contributed by atoms with Crippen LogP contribution in [0.4, 0.5) is 11.4 Å². The maximum absolute atomic E-state index is 12.5. The molecule has 0 radical (unpaired) electrons. The Bertz CT molecular complexity index is 978. The number of anilines is 1. The second-order valence-electron chi connectivity index (χ2n) is 6.13. The van der Waals surface area contributed by atoms with Gasteiger partial charge in [-0.2, -0.15) is 0 Å². The van der Waals surface area contributed by atoms with Gasteiger partial charge in [0.1, 0.15) is 0 Å². The molecule has 2 aromatic carbocycles. The van der Waals surface area contributed by atoms with Crippen LogP contribution in [0.1, 0.15) is 6.42 Å². The molecule has 1 N–H and O–H groups in total. The number of hydrogen-bond acceptors (Lipinski definition) is 5. The first-order valence-electron chi connectivity index (χ1n) is 8.07. The molecule has 0 bridgehead atoms. The number of hydrogen-bond donors (Lipinski definition) is 1. The molecule has 1 saturated heterocycles. The van der Waals surface area contributed by atoms with Crippen molar-refractivity contribution in [1.29, 1.82) is 0 Å². The van der Waals surface area contributed by atoms with Crippen LogP contribution in [0.15, 0.2) is 53.4 Å². The summed E-state index contributed by atoms with van der Waals surface area (Å²) in [5, 5.41) is 11.6. The van der Waals surface area contributed by atoms with E-state index in [-0.39, 0.29) is 24.8 Å². The van der Waals surface area contributed by atoms with E-state index in [1.807, 2.05) is 0 Å². The van der Waals surface area contributed by atoms with Crippen molar-refractivity contribution in [3.05, 3.63) is 63.7 Å². The van der Waals surface area contributed by atoms with Gasteiger partial charge >= 0.3 is 0 Å². The van der Waals surface area contributed by atoms with Gasteiger partial charge in [0, 0.05) is 36.3 Å². The van der Waals surface area contributed by atoms with Crippen LogP contribution in [-0.4, -0.2) is 32.3 Å². The van der Waals surface area contributed by atoms with Crippen molar-refractivity contribution >= 4 is 38.9 Å². The summed E-state index contributed by atoms with van der Waals surface area (Å²) >= 11 is 5.85. The number of sulfonamides is 1. The molecule has 1 heterocycles. The lowest BCUT2D eigenvalue weighted by Crippen LogP contribution is -2.31. The van der Waals surface area contributed by atoms with Crippen molar-refractivity contribution < 1.29 is 18.1 Å². The minimum atomic E-state index is -4.07. The number of amides is 1. The van der Waals surface area contributed by atoms with E-state index in [0.717, 1.165) is 6.07 Å². The predicted molar refractivity (Wildman–Crippen MR) is 100 cm³/mol. The van der Waals surface area contributed by atoms with Gasteiger partial charge in [-0.25, -0.2) is 13.1 Å². The highest BCUT2D eigenvalue weighted by atomic mass is 35.5. The molecule has 1 aliphatic heterocycles. The summed E-state index contributed by atoms with van der Waals surface area (Å²) in [6.07, 6.45) is 0.183. The zero-order valence-corrected chi connectivity index (χ0v) is 15.6. The van der Waals surface area contributed by atoms with Gasteiger partial charge in [0.25, 0.3) is 5.69 Å². The van der Waals surface area contributed by atoms with Gasteiger partial charge in [-0.3, -0.25) is 14.9 Å². The number of para-hydroxylation sites is 1. The van der Waals surface area contributed by atoms with E-state index in [4.69, 9.17) is 11.6 Å². The minimum absolute atomic E-state index is 0.00418. The van der Waals surface area contributed by atoms with E-state index in [2.05, 4.69) is 4.72 Å². The SMILES string of the molecule is O=C1CC(CNS(=O)(=O)c2ccccc2[N+](=O)[O-])CN1c1ccc(Cl)cc1. The highest BCUT2D eigenvalue weighted by Crippen LogP contribution is 2.27. The Labute approximate surface area is 160 Å². The number of nitro benzene ring substituents is 1. The molecular weight excluding hydrogens is 394 g/mol. The lowest BCUT2D eigenvalue weighted by molar-refractivity contribution is -0.387. The van der Waals surface area contributed by atoms with E-state index in [1.54, 1.807) is 29.2 Å². The topological polar surface area (TPSA) is 110 Å². The van der Waals surface area contributed by atoms with Crippen molar-refractivity contribution in [1.82, 2.24) is 4.72 Å². The van der Waals surface area contributed by atoms with Gasteiger partial charge in [-0.1, -0.05) is 23.7 Å². The maximum Gasteiger partial charge on any atom is 0.289 e. The number of rotatable bonds is 6. The molecule has 1 fully saturated rings. The monoisotopic (exact) mass is 409 g/mol. The lowest BCUT2D eigenvalue weighted by Gasteiger charge is -2.17. The summed E-state index contributed by atoms with van der Waals surface area (Å²) in [5.74, 6) is -0.363. The van der Waals surface area contributed by atoms with Gasteiger partial charge < -0.3 is 4.90 Å². The summed E-state index contributed by atoms with van der Waals surface area (Å²) in [6, 6.07) is 11.9. The van der Waals surface area contributed by atoms with Crippen LogP contribution < -0.4 is 9.62 Å². The van der Waals surface area contributed by atoms with Crippen molar-refractivity contribution in [3.63, 3.8) is 0 Å². The standard InChI is InChI=1S/C17H16ClN3O5S/c18-13-5-7-14(8-6-13)20-11-12(9-17(20)22)10-19-27(25,26)16-4-2-1-3-15(16)21(23)24/h1-8,12,19H,9-11H2. The van der Waals surface area contributed by atoms with Crippen molar-refractivity contribution in [2.24, 2.45) is 5.92 Å². The Kier molecular flexibility index (Phi) is 5.45. The number of nitrogens with zero attached hydrogens (tertiary/aromatic N) is 2. The largest absolute Gasteiger partial charge is 0.312 e. The zero-order chi connectivity index (χ0) is 19.6. The van der Waals surface area contributed by atoms with Crippen LogP contribution >= 0.6 is 11.6 Å². The van der Waals surface area contributed by atoms with Crippen LogP contribution in [0.2, 0.25) is 5.02 Å². The van der Waals surface area contributed by atoms with Gasteiger partial charge in [-0.05, 0) is 36.2 Å². The number of carbonyl (C=O) groups excluding carboxylic acids is 1. The fraction of sp³-hybridized carbons (Fsp3) is 0.235. The number of nitrogens with one attached hydrogen (secondary N) is 1. The molecule has 2 aromatic rings. The van der Waals surface area contributed by atoms with Crippen LogP contribution in [0, 0.1) is 16.0 Å².